The molecule has 2 atom stereocenters. The topological polar surface area (TPSA) is 21.3 Å². The number of rotatable bonds is 3. The number of likely N-dealkylation sites (N-methyl/N-ethyl adjacent to an activating group) is 1. The highest BCUT2D eigenvalue weighted by Gasteiger charge is 2.34. The molecule has 1 heterocycles. The summed E-state index contributed by atoms with van der Waals surface area (Å²) in [6.07, 6.45) is 3.43. The third-order valence-electron chi connectivity index (χ3n) is 4.91. The molecule has 0 aromatic heterocycles. The van der Waals surface area contributed by atoms with Crippen molar-refractivity contribution >= 4 is 0 Å². The Hall–Kier alpha value is -1.80. The lowest BCUT2D eigenvalue weighted by molar-refractivity contribution is 0.278. The lowest BCUT2D eigenvalue weighted by Crippen LogP contribution is -2.32. The second-order valence-corrected chi connectivity index (χ2v) is 6.06. The van der Waals surface area contributed by atoms with Crippen LogP contribution >= 0.6 is 0 Å². The van der Waals surface area contributed by atoms with Crippen LogP contribution in [0.3, 0.4) is 0 Å². The van der Waals surface area contributed by atoms with Crippen molar-refractivity contribution in [3.63, 3.8) is 0 Å². The van der Waals surface area contributed by atoms with Gasteiger partial charge >= 0.3 is 0 Å². The molecule has 2 heteroatoms. The predicted octanol–water partition coefficient (Wildman–Crippen LogP) is 3.61. The van der Waals surface area contributed by atoms with Crippen molar-refractivity contribution in [3.05, 3.63) is 64.7 Å². The van der Waals surface area contributed by atoms with Crippen LogP contribution in [0.5, 0.6) is 5.75 Å². The Morgan fingerprint density at radius 1 is 1.10 bits per heavy atom. The molecule has 2 aliphatic rings. The predicted molar refractivity (Wildman–Crippen MR) is 84.9 cm³/mol. The molecule has 0 fully saturated rings. The molecule has 2 aromatic rings. The molecule has 108 valence electrons. The van der Waals surface area contributed by atoms with Crippen LogP contribution in [0.2, 0.25) is 0 Å². The van der Waals surface area contributed by atoms with Gasteiger partial charge in [-0.05, 0) is 43.0 Å². The lowest BCUT2D eigenvalue weighted by atomic mass is 9.71. The third kappa shape index (κ3) is 2.06. The van der Waals surface area contributed by atoms with Crippen LogP contribution in [-0.4, -0.2) is 13.7 Å². The SMILES string of the molecule is CNC(c1cccc2c1OCCC2)C1Cc2ccccc21. The van der Waals surface area contributed by atoms with Crippen molar-refractivity contribution in [1.29, 1.82) is 0 Å². The molecule has 21 heavy (non-hydrogen) atoms. The van der Waals surface area contributed by atoms with Gasteiger partial charge in [-0.3, -0.25) is 0 Å². The van der Waals surface area contributed by atoms with E-state index in [0.29, 0.717) is 12.0 Å². The zero-order valence-electron chi connectivity index (χ0n) is 12.4. The van der Waals surface area contributed by atoms with Crippen molar-refractivity contribution in [2.24, 2.45) is 0 Å². The first-order valence-corrected chi connectivity index (χ1v) is 7.88. The number of hydrogen-bond donors (Lipinski definition) is 1. The zero-order valence-corrected chi connectivity index (χ0v) is 12.4. The quantitative estimate of drug-likeness (QED) is 0.926. The molecule has 1 aliphatic heterocycles. The Labute approximate surface area is 126 Å². The smallest absolute Gasteiger partial charge is 0.127 e. The summed E-state index contributed by atoms with van der Waals surface area (Å²) >= 11 is 0. The first-order chi connectivity index (χ1) is 10.4. The van der Waals surface area contributed by atoms with Gasteiger partial charge in [0, 0.05) is 17.5 Å². The summed E-state index contributed by atoms with van der Waals surface area (Å²) in [5.41, 5.74) is 5.68. The summed E-state index contributed by atoms with van der Waals surface area (Å²) in [7, 11) is 2.06. The van der Waals surface area contributed by atoms with E-state index in [2.05, 4.69) is 54.8 Å². The van der Waals surface area contributed by atoms with Crippen molar-refractivity contribution < 1.29 is 4.74 Å². The molecule has 0 amide bonds. The van der Waals surface area contributed by atoms with Gasteiger partial charge < -0.3 is 10.1 Å². The fourth-order valence-corrected chi connectivity index (χ4v) is 3.83. The van der Waals surface area contributed by atoms with Gasteiger partial charge in [0.15, 0.2) is 0 Å². The van der Waals surface area contributed by atoms with Crippen molar-refractivity contribution in [2.45, 2.75) is 31.2 Å². The van der Waals surface area contributed by atoms with E-state index >= 15 is 0 Å². The van der Waals surface area contributed by atoms with Crippen LogP contribution in [0, 0.1) is 0 Å². The maximum absolute atomic E-state index is 6.00. The summed E-state index contributed by atoms with van der Waals surface area (Å²) < 4.78 is 6.00. The van der Waals surface area contributed by atoms with E-state index in [4.69, 9.17) is 4.74 Å². The minimum atomic E-state index is 0.341. The summed E-state index contributed by atoms with van der Waals surface area (Å²) in [6, 6.07) is 15.8. The summed E-state index contributed by atoms with van der Waals surface area (Å²) in [5, 5.41) is 3.53. The molecule has 2 nitrogen and oxygen atoms in total. The van der Waals surface area contributed by atoms with Gasteiger partial charge in [0.2, 0.25) is 0 Å². The molecule has 0 spiro atoms. The minimum Gasteiger partial charge on any atom is -0.493 e. The van der Waals surface area contributed by atoms with Crippen LogP contribution in [-0.2, 0) is 12.8 Å². The highest BCUT2D eigenvalue weighted by atomic mass is 16.5. The number of nitrogens with one attached hydrogen (secondary N) is 1. The molecular formula is C19H21NO. The van der Waals surface area contributed by atoms with Gasteiger partial charge in [0.05, 0.1) is 6.61 Å². The molecule has 2 aromatic carbocycles. The molecule has 2 unspecified atom stereocenters. The Kier molecular flexibility index (Phi) is 3.19. The number of hydrogen-bond acceptors (Lipinski definition) is 2. The highest BCUT2D eigenvalue weighted by Crippen LogP contribution is 2.46. The Morgan fingerprint density at radius 3 is 2.81 bits per heavy atom. The number of para-hydroxylation sites is 1. The summed E-state index contributed by atoms with van der Waals surface area (Å²) in [6.45, 7) is 0.849. The van der Waals surface area contributed by atoms with Crippen molar-refractivity contribution in [3.8, 4) is 5.75 Å². The van der Waals surface area contributed by atoms with E-state index in [1.165, 1.54) is 22.3 Å². The second kappa shape index (κ2) is 5.19. The van der Waals surface area contributed by atoms with E-state index in [1.807, 2.05) is 0 Å². The van der Waals surface area contributed by atoms with Crippen LogP contribution in [0.25, 0.3) is 0 Å². The van der Waals surface area contributed by atoms with Gasteiger partial charge in [0.25, 0.3) is 0 Å². The first-order valence-electron chi connectivity index (χ1n) is 7.88. The van der Waals surface area contributed by atoms with E-state index in [-0.39, 0.29) is 0 Å². The zero-order chi connectivity index (χ0) is 14.2. The van der Waals surface area contributed by atoms with Crippen molar-refractivity contribution in [1.82, 2.24) is 5.32 Å². The van der Waals surface area contributed by atoms with Gasteiger partial charge in [-0.15, -0.1) is 0 Å². The number of aryl methyl sites for hydroxylation is 1. The Bertz CT molecular complexity index is 664. The summed E-state index contributed by atoms with van der Waals surface area (Å²) in [4.78, 5) is 0. The molecule has 0 saturated carbocycles. The van der Waals surface area contributed by atoms with E-state index in [9.17, 15) is 0 Å². The Morgan fingerprint density at radius 2 is 1.95 bits per heavy atom. The Balaban J connectivity index is 1.72. The van der Waals surface area contributed by atoms with Gasteiger partial charge in [-0.25, -0.2) is 0 Å². The van der Waals surface area contributed by atoms with Crippen LogP contribution < -0.4 is 10.1 Å². The van der Waals surface area contributed by atoms with Crippen molar-refractivity contribution in [2.75, 3.05) is 13.7 Å². The van der Waals surface area contributed by atoms with Crippen LogP contribution in [0.1, 0.15) is 40.6 Å². The molecule has 4 rings (SSSR count). The highest BCUT2D eigenvalue weighted by molar-refractivity contribution is 5.49. The van der Waals surface area contributed by atoms with Gasteiger partial charge in [-0.1, -0.05) is 42.5 Å². The largest absolute Gasteiger partial charge is 0.493 e. The monoisotopic (exact) mass is 279 g/mol. The normalized spacial score (nSPS) is 20.7. The van der Waals surface area contributed by atoms with E-state index < -0.39 is 0 Å². The summed E-state index contributed by atoms with van der Waals surface area (Å²) in [5.74, 6) is 1.69. The van der Waals surface area contributed by atoms with E-state index in [0.717, 1.165) is 31.6 Å². The fourth-order valence-electron chi connectivity index (χ4n) is 3.83. The molecule has 0 bridgehead atoms. The average Bonchev–Trinajstić information content (AvgIpc) is 2.52. The van der Waals surface area contributed by atoms with Crippen LogP contribution in [0.15, 0.2) is 42.5 Å². The lowest BCUT2D eigenvalue weighted by Gasteiger charge is -2.38. The number of ether oxygens (including phenoxy) is 1. The van der Waals surface area contributed by atoms with Crippen LogP contribution in [0.4, 0.5) is 0 Å². The second-order valence-electron chi connectivity index (χ2n) is 6.06. The third-order valence-corrected chi connectivity index (χ3v) is 4.91. The number of fused-ring (bicyclic) bond motifs is 2. The molecular weight excluding hydrogens is 258 g/mol. The van der Waals surface area contributed by atoms with Gasteiger partial charge in [0.1, 0.15) is 5.75 Å². The molecule has 0 radical (unpaired) electrons. The first kappa shape index (κ1) is 12.9. The van der Waals surface area contributed by atoms with Gasteiger partial charge in [-0.2, -0.15) is 0 Å². The number of benzene rings is 2. The fraction of sp³-hybridized carbons (Fsp3) is 0.368. The molecule has 0 saturated heterocycles. The van der Waals surface area contributed by atoms with E-state index in [1.54, 1.807) is 0 Å². The standard InChI is InChI=1S/C19H21NO/c1-20-18(17-12-14-6-2-3-9-15(14)17)16-10-4-7-13-8-5-11-21-19(13)16/h2-4,6-7,9-10,17-18,20H,5,8,11-12H2,1H3. The minimum absolute atomic E-state index is 0.341. The average molecular weight is 279 g/mol. The maximum Gasteiger partial charge on any atom is 0.127 e. The maximum atomic E-state index is 6.00. The molecule has 1 aliphatic carbocycles. The molecule has 1 N–H and O–H groups in total.